The predicted molar refractivity (Wildman–Crippen MR) is 58.6 cm³/mol. The van der Waals surface area contributed by atoms with Gasteiger partial charge >= 0.3 is 0 Å². The summed E-state index contributed by atoms with van der Waals surface area (Å²) in [5.74, 6) is 0. The van der Waals surface area contributed by atoms with Crippen molar-refractivity contribution >= 4 is 10.8 Å². The van der Waals surface area contributed by atoms with Crippen LogP contribution in [0.3, 0.4) is 0 Å². The highest BCUT2D eigenvalue weighted by atomic mass is 16.1. The lowest BCUT2D eigenvalue weighted by molar-refractivity contribution is 0.880. The van der Waals surface area contributed by atoms with E-state index >= 15 is 0 Å². The molecule has 0 aliphatic rings. The van der Waals surface area contributed by atoms with Crippen LogP contribution in [0.2, 0.25) is 0 Å². The Labute approximate surface area is 82.6 Å². The van der Waals surface area contributed by atoms with Crippen molar-refractivity contribution in [3.63, 3.8) is 0 Å². The molecule has 0 aliphatic carbocycles. The molecular formula is C12H13NO. The summed E-state index contributed by atoms with van der Waals surface area (Å²) < 4.78 is 0. The molecule has 0 bridgehead atoms. The number of hydrogen-bond donors (Lipinski definition) is 1. The van der Waals surface area contributed by atoms with E-state index in [9.17, 15) is 4.79 Å². The number of pyridine rings is 1. The van der Waals surface area contributed by atoms with Gasteiger partial charge in [0.2, 0.25) is 0 Å². The Morgan fingerprint density at radius 2 is 2.07 bits per heavy atom. The number of fused-ring (bicyclic) bond motifs is 1. The normalized spacial score (nSPS) is 10.6. The van der Waals surface area contributed by atoms with Gasteiger partial charge in [-0.05, 0) is 23.9 Å². The van der Waals surface area contributed by atoms with Crippen LogP contribution in [-0.4, -0.2) is 4.98 Å². The van der Waals surface area contributed by atoms with Crippen LogP contribution in [0, 0.1) is 0 Å². The fourth-order valence-corrected chi connectivity index (χ4v) is 1.67. The monoisotopic (exact) mass is 187 g/mol. The summed E-state index contributed by atoms with van der Waals surface area (Å²) in [5.41, 5.74) is 1.04. The SMILES string of the molecule is CCCc1cc2ccccc2c(=O)[nH]1. The van der Waals surface area contributed by atoms with Crippen LogP contribution in [0.4, 0.5) is 0 Å². The highest BCUT2D eigenvalue weighted by Crippen LogP contribution is 2.10. The Morgan fingerprint density at radius 3 is 2.86 bits per heavy atom. The number of H-pyrrole nitrogens is 1. The Bertz CT molecular complexity index is 499. The molecule has 1 aromatic carbocycles. The molecule has 0 aliphatic heterocycles. The molecule has 2 heteroatoms. The van der Waals surface area contributed by atoms with Gasteiger partial charge in [-0.25, -0.2) is 0 Å². The van der Waals surface area contributed by atoms with E-state index in [1.165, 1.54) is 0 Å². The van der Waals surface area contributed by atoms with Crippen molar-refractivity contribution in [3.05, 3.63) is 46.4 Å². The first kappa shape index (κ1) is 9.00. The average Bonchev–Trinajstić information content (AvgIpc) is 2.18. The molecule has 1 heterocycles. The first-order valence-corrected chi connectivity index (χ1v) is 4.92. The summed E-state index contributed by atoms with van der Waals surface area (Å²) in [6.07, 6.45) is 1.98. The van der Waals surface area contributed by atoms with Crippen LogP contribution in [0.25, 0.3) is 10.8 Å². The number of aromatic nitrogens is 1. The highest BCUT2D eigenvalue weighted by molar-refractivity contribution is 5.81. The maximum atomic E-state index is 11.6. The topological polar surface area (TPSA) is 32.9 Å². The standard InChI is InChI=1S/C12H13NO/c1-2-5-10-8-9-6-3-4-7-11(9)12(14)13-10/h3-4,6-8H,2,5H2,1H3,(H,13,14). The number of hydrogen-bond acceptors (Lipinski definition) is 1. The fraction of sp³-hybridized carbons (Fsp3) is 0.250. The van der Waals surface area contributed by atoms with Crippen LogP contribution in [-0.2, 0) is 6.42 Å². The van der Waals surface area contributed by atoms with E-state index < -0.39 is 0 Å². The largest absolute Gasteiger partial charge is 0.326 e. The maximum absolute atomic E-state index is 11.6. The van der Waals surface area contributed by atoms with Crippen molar-refractivity contribution in [2.45, 2.75) is 19.8 Å². The van der Waals surface area contributed by atoms with Crippen LogP contribution < -0.4 is 5.56 Å². The van der Waals surface area contributed by atoms with E-state index in [0.29, 0.717) is 0 Å². The average molecular weight is 187 g/mol. The molecule has 0 amide bonds. The third-order valence-corrected chi connectivity index (χ3v) is 2.33. The molecule has 1 N–H and O–H groups in total. The van der Waals surface area contributed by atoms with E-state index in [2.05, 4.69) is 18.0 Å². The van der Waals surface area contributed by atoms with Crippen molar-refractivity contribution in [1.29, 1.82) is 0 Å². The van der Waals surface area contributed by atoms with Gasteiger partial charge in [0.05, 0.1) is 0 Å². The third kappa shape index (κ3) is 1.55. The lowest BCUT2D eigenvalue weighted by Crippen LogP contribution is -2.08. The molecule has 2 nitrogen and oxygen atoms in total. The molecule has 0 saturated heterocycles. The first-order chi connectivity index (χ1) is 6.81. The zero-order valence-corrected chi connectivity index (χ0v) is 8.21. The Hall–Kier alpha value is -1.57. The fourth-order valence-electron chi connectivity index (χ4n) is 1.67. The summed E-state index contributed by atoms with van der Waals surface area (Å²) in [7, 11) is 0. The van der Waals surface area contributed by atoms with Gasteiger partial charge in [0.25, 0.3) is 5.56 Å². The van der Waals surface area contributed by atoms with Crippen molar-refractivity contribution < 1.29 is 0 Å². The number of rotatable bonds is 2. The van der Waals surface area contributed by atoms with Crippen LogP contribution in [0.5, 0.6) is 0 Å². The molecule has 2 aromatic rings. The van der Waals surface area contributed by atoms with Crippen molar-refractivity contribution in [2.24, 2.45) is 0 Å². The van der Waals surface area contributed by atoms with Crippen LogP contribution in [0.15, 0.2) is 35.1 Å². The summed E-state index contributed by atoms with van der Waals surface area (Å²) in [4.78, 5) is 14.5. The zero-order valence-electron chi connectivity index (χ0n) is 8.21. The number of aromatic amines is 1. The molecular weight excluding hydrogens is 174 g/mol. The molecule has 0 fully saturated rings. The molecule has 0 spiro atoms. The Morgan fingerprint density at radius 1 is 1.29 bits per heavy atom. The molecule has 1 aromatic heterocycles. The van der Waals surface area contributed by atoms with Crippen molar-refractivity contribution in [1.82, 2.24) is 4.98 Å². The second-order valence-corrected chi connectivity index (χ2v) is 3.46. The summed E-state index contributed by atoms with van der Waals surface area (Å²) in [6.45, 7) is 2.10. The predicted octanol–water partition coefficient (Wildman–Crippen LogP) is 2.48. The molecule has 72 valence electrons. The number of aryl methyl sites for hydroxylation is 1. The molecule has 0 saturated carbocycles. The van der Waals surface area contributed by atoms with E-state index in [4.69, 9.17) is 0 Å². The lowest BCUT2D eigenvalue weighted by atomic mass is 10.1. The molecule has 0 unspecified atom stereocenters. The first-order valence-electron chi connectivity index (χ1n) is 4.92. The summed E-state index contributed by atoms with van der Waals surface area (Å²) in [5, 5.41) is 1.80. The van der Waals surface area contributed by atoms with Gasteiger partial charge in [-0.2, -0.15) is 0 Å². The second kappa shape index (κ2) is 3.66. The van der Waals surface area contributed by atoms with Gasteiger partial charge in [0.15, 0.2) is 0 Å². The van der Waals surface area contributed by atoms with E-state index in [0.717, 1.165) is 29.3 Å². The quantitative estimate of drug-likeness (QED) is 0.769. The molecule has 2 rings (SSSR count). The maximum Gasteiger partial charge on any atom is 0.256 e. The number of benzene rings is 1. The lowest BCUT2D eigenvalue weighted by Gasteiger charge is -2.01. The Kier molecular flexibility index (Phi) is 2.35. The van der Waals surface area contributed by atoms with Gasteiger partial charge in [-0.1, -0.05) is 31.5 Å². The van der Waals surface area contributed by atoms with E-state index in [1.54, 1.807) is 0 Å². The Balaban J connectivity index is 2.66. The van der Waals surface area contributed by atoms with Gasteiger partial charge < -0.3 is 4.98 Å². The zero-order chi connectivity index (χ0) is 9.97. The molecule has 0 atom stereocenters. The minimum atomic E-state index is 0.0200. The van der Waals surface area contributed by atoms with Crippen molar-refractivity contribution in [3.8, 4) is 0 Å². The summed E-state index contributed by atoms with van der Waals surface area (Å²) in [6, 6.07) is 9.72. The van der Waals surface area contributed by atoms with Gasteiger partial charge in [-0.3, -0.25) is 4.79 Å². The van der Waals surface area contributed by atoms with Gasteiger partial charge in [0.1, 0.15) is 0 Å². The molecule has 14 heavy (non-hydrogen) atoms. The number of nitrogens with one attached hydrogen (secondary N) is 1. The highest BCUT2D eigenvalue weighted by Gasteiger charge is 1.99. The van der Waals surface area contributed by atoms with Gasteiger partial charge in [0, 0.05) is 11.1 Å². The van der Waals surface area contributed by atoms with Gasteiger partial charge in [-0.15, -0.1) is 0 Å². The minimum Gasteiger partial charge on any atom is -0.326 e. The van der Waals surface area contributed by atoms with E-state index in [-0.39, 0.29) is 5.56 Å². The minimum absolute atomic E-state index is 0.0200. The third-order valence-electron chi connectivity index (χ3n) is 2.33. The second-order valence-electron chi connectivity index (χ2n) is 3.46. The smallest absolute Gasteiger partial charge is 0.256 e. The molecule has 0 radical (unpaired) electrons. The summed E-state index contributed by atoms with van der Waals surface area (Å²) >= 11 is 0. The van der Waals surface area contributed by atoms with Crippen LogP contribution in [0.1, 0.15) is 19.0 Å². The van der Waals surface area contributed by atoms with Crippen LogP contribution >= 0.6 is 0 Å². The van der Waals surface area contributed by atoms with E-state index in [1.807, 2.05) is 24.3 Å². The van der Waals surface area contributed by atoms with Crippen molar-refractivity contribution in [2.75, 3.05) is 0 Å².